The highest BCUT2D eigenvalue weighted by Crippen LogP contribution is 2.22. The molecule has 1 amide bonds. The monoisotopic (exact) mass is 395 g/mol. The van der Waals surface area contributed by atoms with Gasteiger partial charge in [0.05, 0.1) is 17.6 Å². The fourth-order valence-electron chi connectivity index (χ4n) is 3.30. The minimum atomic E-state index is -3.64. The van der Waals surface area contributed by atoms with Gasteiger partial charge < -0.3 is 9.42 Å². The largest absolute Gasteiger partial charge is 0.361 e. The van der Waals surface area contributed by atoms with Gasteiger partial charge in [-0.25, -0.2) is 8.42 Å². The number of aryl methyl sites for hydroxylation is 3. The molecule has 3 rings (SSSR count). The lowest BCUT2D eigenvalue weighted by atomic mass is 10.1. The van der Waals surface area contributed by atoms with Crippen LogP contribution in [0.4, 0.5) is 0 Å². The average Bonchev–Trinajstić information content (AvgIpc) is 3.05. The SMILES string of the molecule is CCc1noc(C)c1C(=O)N1CCCN(S(=O)(=O)c2cnn(C)c2C)CC1. The molecule has 1 fully saturated rings. The van der Waals surface area contributed by atoms with E-state index in [9.17, 15) is 13.2 Å². The highest BCUT2D eigenvalue weighted by molar-refractivity contribution is 7.89. The third-order valence-corrected chi connectivity index (χ3v) is 7.03. The van der Waals surface area contributed by atoms with Crippen LogP contribution in [0, 0.1) is 13.8 Å². The second kappa shape index (κ2) is 7.43. The first kappa shape index (κ1) is 19.6. The van der Waals surface area contributed by atoms with Crippen LogP contribution in [0.25, 0.3) is 0 Å². The molecule has 2 aromatic rings. The van der Waals surface area contributed by atoms with Gasteiger partial charge in [-0.05, 0) is 26.7 Å². The van der Waals surface area contributed by atoms with Crippen molar-refractivity contribution < 1.29 is 17.7 Å². The maximum Gasteiger partial charge on any atom is 0.259 e. The molecule has 1 aliphatic heterocycles. The maximum atomic E-state index is 13.0. The minimum absolute atomic E-state index is 0.151. The number of aromatic nitrogens is 3. The number of hydrogen-bond acceptors (Lipinski definition) is 6. The Hall–Kier alpha value is -2.20. The molecule has 0 aromatic carbocycles. The Kier molecular flexibility index (Phi) is 5.38. The average molecular weight is 395 g/mol. The predicted molar refractivity (Wildman–Crippen MR) is 97.8 cm³/mol. The molecule has 148 valence electrons. The number of nitrogens with zero attached hydrogens (tertiary/aromatic N) is 5. The Bertz CT molecular complexity index is 947. The highest BCUT2D eigenvalue weighted by Gasteiger charge is 2.32. The van der Waals surface area contributed by atoms with Crippen molar-refractivity contribution >= 4 is 15.9 Å². The molecule has 0 bridgehead atoms. The van der Waals surface area contributed by atoms with Crippen LogP contribution in [0.15, 0.2) is 15.6 Å². The zero-order valence-corrected chi connectivity index (χ0v) is 16.9. The first-order chi connectivity index (χ1) is 12.8. The molecule has 9 nitrogen and oxygen atoms in total. The second-order valence-corrected chi connectivity index (χ2v) is 8.59. The standard InChI is InChI=1S/C17H25N5O4S/c1-5-14-16(13(3)26-19-14)17(23)21-7-6-8-22(10-9-21)27(24,25)15-11-18-20(4)12(15)2/h11H,5-10H2,1-4H3. The van der Waals surface area contributed by atoms with E-state index in [1.54, 1.807) is 30.5 Å². The number of carbonyl (C=O) groups is 1. The van der Waals surface area contributed by atoms with Crippen molar-refractivity contribution in [2.75, 3.05) is 26.2 Å². The third kappa shape index (κ3) is 3.51. The van der Waals surface area contributed by atoms with Crippen molar-refractivity contribution in [2.24, 2.45) is 7.05 Å². The number of amides is 1. The molecule has 0 radical (unpaired) electrons. The Balaban J connectivity index is 1.78. The van der Waals surface area contributed by atoms with Crippen LogP contribution in [0.3, 0.4) is 0 Å². The molecule has 0 saturated carbocycles. The number of rotatable bonds is 4. The summed E-state index contributed by atoms with van der Waals surface area (Å²) in [6.07, 6.45) is 2.55. The van der Waals surface area contributed by atoms with Crippen molar-refractivity contribution in [1.82, 2.24) is 24.1 Å². The summed E-state index contributed by atoms with van der Waals surface area (Å²) in [5.74, 6) is 0.346. The molecule has 2 aromatic heterocycles. The molecule has 1 saturated heterocycles. The van der Waals surface area contributed by atoms with Gasteiger partial charge in [0.25, 0.3) is 5.91 Å². The van der Waals surface area contributed by atoms with Crippen molar-refractivity contribution in [3.63, 3.8) is 0 Å². The van der Waals surface area contributed by atoms with Crippen LogP contribution in [0.1, 0.15) is 40.9 Å². The fraction of sp³-hybridized carbons (Fsp3) is 0.588. The van der Waals surface area contributed by atoms with Crippen molar-refractivity contribution in [2.45, 2.75) is 38.5 Å². The second-order valence-electron chi connectivity index (χ2n) is 6.68. The summed E-state index contributed by atoms with van der Waals surface area (Å²) < 4.78 is 34.1. The first-order valence-electron chi connectivity index (χ1n) is 9.00. The Morgan fingerprint density at radius 3 is 2.59 bits per heavy atom. The molecule has 0 spiro atoms. The summed E-state index contributed by atoms with van der Waals surface area (Å²) in [7, 11) is -1.93. The van der Waals surface area contributed by atoms with Crippen LogP contribution >= 0.6 is 0 Å². The Labute approximate surface area is 159 Å². The summed E-state index contributed by atoms with van der Waals surface area (Å²) in [5, 5.41) is 7.98. The van der Waals surface area contributed by atoms with Gasteiger partial charge in [0.1, 0.15) is 16.2 Å². The van der Waals surface area contributed by atoms with E-state index >= 15 is 0 Å². The van der Waals surface area contributed by atoms with E-state index in [1.165, 1.54) is 10.5 Å². The summed E-state index contributed by atoms with van der Waals surface area (Å²) in [6, 6.07) is 0. The van der Waals surface area contributed by atoms with Crippen LogP contribution in [-0.2, 0) is 23.5 Å². The van der Waals surface area contributed by atoms with Gasteiger partial charge in [-0.15, -0.1) is 0 Å². The van der Waals surface area contributed by atoms with Gasteiger partial charge in [-0.2, -0.15) is 9.40 Å². The molecule has 3 heterocycles. The Morgan fingerprint density at radius 1 is 1.22 bits per heavy atom. The summed E-state index contributed by atoms with van der Waals surface area (Å²) in [4.78, 5) is 14.8. The zero-order chi connectivity index (χ0) is 19.8. The lowest BCUT2D eigenvalue weighted by Crippen LogP contribution is -2.37. The quantitative estimate of drug-likeness (QED) is 0.769. The maximum absolute atomic E-state index is 13.0. The number of sulfonamides is 1. The van der Waals surface area contributed by atoms with E-state index in [1.807, 2.05) is 6.92 Å². The molecule has 10 heteroatoms. The molecule has 0 aliphatic carbocycles. The van der Waals surface area contributed by atoms with Crippen molar-refractivity contribution in [3.05, 3.63) is 28.9 Å². The normalized spacial score (nSPS) is 16.5. The minimum Gasteiger partial charge on any atom is -0.361 e. The lowest BCUT2D eigenvalue weighted by Gasteiger charge is -2.22. The van der Waals surface area contributed by atoms with E-state index in [4.69, 9.17) is 4.52 Å². The molecule has 0 N–H and O–H groups in total. The Morgan fingerprint density at radius 2 is 1.96 bits per heavy atom. The molecule has 27 heavy (non-hydrogen) atoms. The van der Waals surface area contributed by atoms with Crippen LogP contribution in [-0.4, -0.2) is 64.6 Å². The van der Waals surface area contributed by atoms with Gasteiger partial charge in [0.15, 0.2) is 0 Å². The summed E-state index contributed by atoms with van der Waals surface area (Å²) >= 11 is 0. The molecular formula is C17H25N5O4S. The van der Waals surface area contributed by atoms with Gasteiger partial charge in [-0.1, -0.05) is 12.1 Å². The van der Waals surface area contributed by atoms with Crippen LogP contribution in [0.2, 0.25) is 0 Å². The van der Waals surface area contributed by atoms with E-state index in [0.29, 0.717) is 55.2 Å². The zero-order valence-electron chi connectivity index (χ0n) is 16.1. The van der Waals surface area contributed by atoms with Crippen LogP contribution in [0.5, 0.6) is 0 Å². The molecule has 1 aliphatic rings. The molecular weight excluding hydrogens is 370 g/mol. The fourth-order valence-corrected chi connectivity index (χ4v) is 4.96. The van der Waals surface area contributed by atoms with Gasteiger partial charge in [-0.3, -0.25) is 9.48 Å². The predicted octanol–water partition coefficient (Wildman–Crippen LogP) is 1.12. The van der Waals surface area contributed by atoms with E-state index < -0.39 is 10.0 Å². The molecule has 0 atom stereocenters. The van der Waals surface area contributed by atoms with Gasteiger partial charge in [0.2, 0.25) is 10.0 Å². The first-order valence-corrected chi connectivity index (χ1v) is 10.4. The van der Waals surface area contributed by atoms with E-state index in [2.05, 4.69) is 10.3 Å². The number of hydrogen-bond donors (Lipinski definition) is 0. The van der Waals surface area contributed by atoms with Crippen molar-refractivity contribution in [3.8, 4) is 0 Å². The van der Waals surface area contributed by atoms with Gasteiger partial charge >= 0.3 is 0 Å². The summed E-state index contributed by atoms with van der Waals surface area (Å²) in [5.41, 5.74) is 1.73. The number of carbonyl (C=O) groups excluding carboxylic acids is 1. The molecule has 0 unspecified atom stereocenters. The van der Waals surface area contributed by atoms with Crippen molar-refractivity contribution in [1.29, 1.82) is 0 Å². The topological polar surface area (TPSA) is 102 Å². The van der Waals surface area contributed by atoms with Gasteiger partial charge in [0, 0.05) is 33.2 Å². The third-order valence-electron chi connectivity index (χ3n) is 5.03. The van der Waals surface area contributed by atoms with E-state index in [0.717, 1.165) is 0 Å². The van der Waals surface area contributed by atoms with Crippen LogP contribution < -0.4 is 0 Å². The van der Waals surface area contributed by atoms with E-state index in [-0.39, 0.29) is 17.3 Å². The highest BCUT2D eigenvalue weighted by atomic mass is 32.2. The summed E-state index contributed by atoms with van der Waals surface area (Å²) in [6.45, 7) is 6.79. The lowest BCUT2D eigenvalue weighted by molar-refractivity contribution is 0.0761. The smallest absolute Gasteiger partial charge is 0.259 e.